The molecule has 1 heterocycles. The monoisotopic (exact) mass is 346 g/mol. The lowest BCUT2D eigenvalue weighted by Gasteiger charge is -2.11. The maximum absolute atomic E-state index is 14.1. The number of halogens is 5. The van der Waals surface area contributed by atoms with Crippen molar-refractivity contribution >= 4 is 17.6 Å². The zero-order valence-electron chi connectivity index (χ0n) is 11.2. The molecule has 9 heteroatoms. The van der Waals surface area contributed by atoms with Crippen LogP contribution in [0, 0.1) is 17.1 Å². The predicted molar refractivity (Wildman–Crippen MR) is 72.2 cm³/mol. The third-order valence-electron chi connectivity index (χ3n) is 2.96. The molecule has 23 heavy (non-hydrogen) atoms. The van der Waals surface area contributed by atoms with Crippen LogP contribution in [0.4, 0.5) is 17.6 Å². The normalized spacial score (nSPS) is 11.3. The van der Waals surface area contributed by atoms with Crippen molar-refractivity contribution < 1.29 is 27.5 Å². The number of carboxylic acid groups (broad SMARTS) is 1. The standard InChI is InChI=1S/C14H7ClF4N2O2/c15-11-2-8(14(17,18)19)1-9(13(11)16)10-5-21(6-12(22)23)4-7(10)3-20/h1-2,4-5H,6H2,(H,22,23). The van der Waals surface area contributed by atoms with E-state index in [4.69, 9.17) is 22.0 Å². The summed E-state index contributed by atoms with van der Waals surface area (Å²) >= 11 is 5.50. The summed E-state index contributed by atoms with van der Waals surface area (Å²) < 4.78 is 53.6. The fraction of sp³-hybridized carbons (Fsp3) is 0.143. The van der Waals surface area contributed by atoms with Crippen molar-refractivity contribution in [2.45, 2.75) is 12.7 Å². The Labute approximate surface area is 132 Å². The van der Waals surface area contributed by atoms with Gasteiger partial charge in [-0.15, -0.1) is 0 Å². The molecule has 0 saturated heterocycles. The highest BCUT2D eigenvalue weighted by atomic mass is 35.5. The molecule has 2 rings (SSSR count). The summed E-state index contributed by atoms with van der Waals surface area (Å²) in [5.74, 6) is -2.34. The van der Waals surface area contributed by atoms with Crippen LogP contribution in [-0.2, 0) is 17.5 Å². The smallest absolute Gasteiger partial charge is 0.416 e. The Bertz CT molecular complexity index is 821. The lowest BCUT2D eigenvalue weighted by molar-refractivity contribution is -0.138. The van der Waals surface area contributed by atoms with Crippen molar-refractivity contribution in [2.75, 3.05) is 0 Å². The van der Waals surface area contributed by atoms with Gasteiger partial charge < -0.3 is 9.67 Å². The first-order valence-electron chi connectivity index (χ1n) is 6.01. The first kappa shape index (κ1) is 16.8. The van der Waals surface area contributed by atoms with Gasteiger partial charge in [-0.1, -0.05) is 11.6 Å². The first-order valence-corrected chi connectivity index (χ1v) is 6.39. The Balaban J connectivity index is 2.66. The Morgan fingerprint density at radius 3 is 2.48 bits per heavy atom. The van der Waals surface area contributed by atoms with E-state index in [2.05, 4.69) is 0 Å². The van der Waals surface area contributed by atoms with Gasteiger partial charge in [0.25, 0.3) is 0 Å². The molecular formula is C14H7ClF4N2O2. The number of carbonyl (C=O) groups is 1. The number of hydrogen-bond acceptors (Lipinski definition) is 2. The van der Waals surface area contributed by atoms with Crippen LogP contribution < -0.4 is 0 Å². The van der Waals surface area contributed by atoms with Crippen molar-refractivity contribution in [3.05, 3.63) is 46.5 Å². The number of aromatic nitrogens is 1. The van der Waals surface area contributed by atoms with E-state index in [0.29, 0.717) is 12.1 Å². The molecule has 0 atom stereocenters. The van der Waals surface area contributed by atoms with Crippen LogP contribution in [0.15, 0.2) is 24.5 Å². The average Bonchev–Trinajstić information content (AvgIpc) is 2.82. The highest BCUT2D eigenvalue weighted by Gasteiger charge is 2.33. The Morgan fingerprint density at radius 1 is 1.30 bits per heavy atom. The Kier molecular flexibility index (Phi) is 4.34. The summed E-state index contributed by atoms with van der Waals surface area (Å²) in [6, 6.07) is 2.66. The first-order chi connectivity index (χ1) is 10.6. The molecule has 0 aliphatic carbocycles. The molecule has 0 radical (unpaired) electrons. The van der Waals surface area contributed by atoms with Gasteiger partial charge in [-0.25, -0.2) is 4.39 Å². The van der Waals surface area contributed by atoms with Crippen molar-refractivity contribution in [3.8, 4) is 17.2 Å². The fourth-order valence-corrected chi connectivity index (χ4v) is 2.23. The van der Waals surface area contributed by atoms with E-state index in [0.717, 1.165) is 17.0 Å². The molecule has 120 valence electrons. The van der Waals surface area contributed by atoms with Crippen LogP contribution in [0.2, 0.25) is 5.02 Å². The molecule has 0 fully saturated rings. The van der Waals surface area contributed by atoms with E-state index in [1.54, 1.807) is 6.07 Å². The molecule has 0 saturated carbocycles. The second-order valence-electron chi connectivity index (χ2n) is 4.58. The maximum Gasteiger partial charge on any atom is 0.416 e. The van der Waals surface area contributed by atoms with Crippen LogP contribution in [0.25, 0.3) is 11.1 Å². The minimum atomic E-state index is -4.75. The molecule has 1 aromatic heterocycles. The van der Waals surface area contributed by atoms with E-state index in [1.165, 1.54) is 0 Å². The molecule has 0 amide bonds. The van der Waals surface area contributed by atoms with Crippen LogP contribution in [-0.4, -0.2) is 15.6 Å². The lowest BCUT2D eigenvalue weighted by Crippen LogP contribution is -2.06. The van der Waals surface area contributed by atoms with Crippen LogP contribution in [0.3, 0.4) is 0 Å². The van der Waals surface area contributed by atoms with Crippen LogP contribution in [0.5, 0.6) is 0 Å². The number of rotatable bonds is 3. The zero-order chi connectivity index (χ0) is 17.4. The number of aliphatic carboxylic acids is 1. The maximum atomic E-state index is 14.1. The molecule has 1 N–H and O–H groups in total. The van der Waals surface area contributed by atoms with Gasteiger partial charge in [0.15, 0.2) is 0 Å². The van der Waals surface area contributed by atoms with E-state index in [-0.39, 0.29) is 11.1 Å². The molecular weight excluding hydrogens is 340 g/mol. The number of nitrogens with zero attached hydrogens (tertiary/aromatic N) is 2. The molecule has 0 aliphatic rings. The van der Waals surface area contributed by atoms with Gasteiger partial charge in [-0.05, 0) is 12.1 Å². The summed E-state index contributed by atoms with van der Waals surface area (Å²) in [5.41, 5.74) is -2.03. The van der Waals surface area contributed by atoms with Gasteiger partial charge in [0.2, 0.25) is 0 Å². The number of benzene rings is 1. The highest BCUT2D eigenvalue weighted by molar-refractivity contribution is 6.31. The van der Waals surface area contributed by atoms with E-state index >= 15 is 0 Å². The number of carboxylic acids is 1. The van der Waals surface area contributed by atoms with Gasteiger partial charge >= 0.3 is 12.1 Å². The number of nitriles is 1. The summed E-state index contributed by atoms with van der Waals surface area (Å²) in [4.78, 5) is 10.7. The zero-order valence-corrected chi connectivity index (χ0v) is 11.9. The van der Waals surface area contributed by atoms with Gasteiger partial charge in [0, 0.05) is 23.5 Å². The van der Waals surface area contributed by atoms with Crippen molar-refractivity contribution in [1.29, 1.82) is 5.26 Å². The molecule has 4 nitrogen and oxygen atoms in total. The van der Waals surface area contributed by atoms with Gasteiger partial charge in [-0.3, -0.25) is 4.79 Å². The predicted octanol–water partition coefficient (Wildman–Crippen LogP) is 3.92. The SMILES string of the molecule is N#Cc1cn(CC(=O)O)cc1-c1cc(C(F)(F)F)cc(Cl)c1F. The van der Waals surface area contributed by atoms with Crippen molar-refractivity contribution in [1.82, 2.24) is 4.57 Å². The van der Waals surface area contributed by atoms with Crippen molar-refractivity contribution in [3.63, 3.8) is 0 Å². The largest absolute Gasteiger partial charge is 0.480 e. The second kappa shape index (κ2) is 5.93. The van der Waals surface area contributed by atoms with E-state index in [9.17, 15) is 22.4 Å². The number of alkyl halides is 3. The minimum absolute atomic E-state index is 0.166. The molecule has 0 bridgehead atoms. The van der Waals surface area contributed by atoms with Gasteiger partial charge in [-0.2, -0.15) is 18.4 Å². The average molecular weight is 347 g/mol. The summed E-state index contributed by atoms with van der Waals surface area (Å²) in [6.07, 6.45) is -2.55. The Hall–Kier alpha value is -2.53. The molecule has 0 aliphatic heterocycles. The quantitative estimate of drug-likeness (QED) is 0.856. The van der Waals surface area contributed by atoms with Gasteiger partial charge in [0.1, 0.15) is 18.4 Å². The number of hydrogen-bond donors (Lipinski definition) is 1. The molecule has 0 unspecified atom stereocenters. The second-order valence-corrected chi connectivity index (χ2v) is 4.99. The fourth-order valence-electron chi connectivity index (χ4n) is 2.01. The van der Waals surface area contributed by atoms with E-state index in [1.807, 2.05) is 0 Å². The van der Waals surface area contributed by atoms with Crippen LogP contribution in [0.1, 0.15) is 11.1 Å². The van der Waals surface area contributed by atoms with Crippen molar-refractivity contribution in [2.24, 2.45) is 0 Å². The van der Waals surface area contributed by atoms with Gasteiger partial charge in [0.05, 0.1) is 16.1 Å². The molecule has 0 spiro atoms. The Morgan fingerprint density at radius 2 is 1.96 bits per heavy atom. The summed E-state index contributed by atoms with van der Waals surface area (Å²) in [5, 5.41) is 17.0. The molecule has 1 aromatic carbocycles. The summed E-state index contributed by atoms with van der Waals surface area (Å²) in [6.45, 7) is -0.525. The van der Waals surface area contributed by atoms with E-state index < -0.39 is 40.7 Å². The summed E-state index contributed by atoms with van der Waals surface area (Å²) in [7, 11) is 0. The third kappa shape index (κ3) is 3.46. The minimum Gasteiger partial charge on any atom is -0.480 e. The lowest BCUT2D eigenvalue weighted by atomic mass is 10.0. The van der Waals surface area contributed by atoms with Crippen LogP contribution >= 0.6 is 11.6 Å². The highest BCUT2D eigenvalue weighted by Crippen LogP contribution is 2.38. The molecule has 2 aromatic rings. The topological polar surface area (TPSA) is 66.0 Å². The third-order valence-corrected chi connectivity index (χ3v) is 3.24.